The summed E-state index contributed by atoms with van der Waals surface area (Å²) in [6.07, 6.45) is 8.52. The van der Waals surface area contributed by atoms with E-state index in [0.29, 0.717) is 6.42 Å². The Morgan fingerprint density at radius 2 is 1.29 bits per heavy atom. The molecule has 3 atom stereocenters. The lowest BCUT2D eigenvalue weighted by molar-refractivity contribution is -0.203. The van der Waals surface area contributed by atoms with Crippen LogP contribution in [0.4, 0.5) is 0 Å². The predicted octanol–water partition coefficient (Wildman–Crippen LogP) is 3.71. The Balaban J connectivity index is 2.53. The third kappa shape index (κ3) is 5.39. The summed E-state index contributed by atoms with van der Waals surface area (Å²) in [4.78, 5) is 0. The normalized spacial score (nSPS) is 36.9. The first-order valence-electron chi connectivity index (χ1n) is 7.36. The molecule has 0 heterocycles. The van der Waals surface area contributed by atoms with E-state index in [1.807, 2.05) is 6.92 Å². The molecule has 0 bridgehead atoms. The molecule has 0 aromatic heterocycles. The van der Waals surface area contributed by atoms with Crippen molar-refractivity contribution < 1.29 is 10.2 Å². The molecule has 17 heavy (non-hydrogen) atoms. The molecular weight excluding hydrogens is 212 g/mol. The van der Waals surface area contributed by atoms with Crippen molar-refractivity contribution in [3.8, 4) is 0 Å². The third-order valence-corrected chi connectivity index (χ3v) is 4.52. The molecule has 1 aliphatic carbocycles. The van der Waals surface area contributed by atoms with Crippen LogP contribution in [0.2, 0.25) is 0 Å². The van der Waals surface area contributed by atoms with Crippen LogP contribution >= 0.6 is 0 Å². The van der Waals surface area contributed by atoms with E-state index >= 15 is 0 Å². The molecule has 1 fully saturated rings. The van der Waals surface area contributed by atoms with Gasteiger partial charge in [-0.3, -0.25) is 0 Å². The third-order valence-electron chi connectivity index (χ3n) is 4.52. The lowest BCUT2D eigenvalue weighted by Crippen LogP contribution is -2.36. The van der Waals surface area contributed by atoms with E-state index in [4.69, 9.17) is 0 Å². The highest BCUT2D eigenvalue weighted by molar-refractivity contribution is 4.74. The Bertz CT molecular complexity index is 213. The molecule has 0 amide bonds. The average molecular weight is 242 g/mol. The molecule has 0 saturated heterocycles. The largest absolute Gasteiger partial charge is 0.365 e. The minimum absolute atomic E-state index is 0.00410. The zero-order valence-electron chi connectivity index (χ0n) is 11.8. The van der Waals surface area contributed by atoms with E-state index in [9.17, 15) is 10.2 Å². The van der Waals surface area contributed by atoms with Gasteiger partial charge in [-0.2, -0.15) is 0 Å². The molecule has 1 aliphatic rings. The van der Waals surface area contributed by atoms with Gasteiger partial charge in [0.05, 0.1) is 0 Å². The van der Waals surface area contributed by atoms with Crippen LogP contribution in [0.3, 0.4) is 0 Å². The van der Waals surface area contributed by atoms with Crippen molar-refractivity contribution in [2.45, 2.75) is 77.9 Å². The topological polar surface area (TPSA) is 40.5 Å². The fraction of sp³-hybridized carbons (Fsp3) is 1.00. The Morgan fingerprint density at radius 3 is 1.88 bits per heavy atom. The smallest absolute Gasteiger partial charge is 0.165 e. The summed E-state index contributed by atoms with van der Waals surface area (Å²) in [6.45, 7) is 6.59. The summed E-state index contributed by atoms with van der Waals surface area (Å²) in [6, 6.07) is 0. The van der Waals surface area contributed by atoms with Crippen LogP contribution < -0.4 is 0 Å². The number of rotatable bonds is 0. The first-order chi connectivity index (χ1) is 7.92. The van der Waals surface area contributed by atoms with Gasteiger partial charge in [0.1, 0.15) is 0 Å². The van der Waals surface area contributed by atoms with Crippen LogP contribution in [0, 0.1) is 17.8 Å². The highest BCUT2D eigenvalue weighted by atomic mass is 16.5. The van der Waals surface area contributed by atoms with Crippen LogP contribution in [0.25, 0.3) is 0 Å². The molecule has 0 radical (unpaired) electrons. The maximum absolute atomic E-state index is 10.0. The highest BCUT2D eigenvalue weighted by Crippen LogP contribution is 2.30. The molecule has 0 aromatic rings. The van der Waals surface area contributed by atoms with Crippen molar-refractivity contribution >= 4 is 0 Å². The van der Waals surface area contributed by atoms with Crippen LogP contribution in [-0.4, -0.2) is 16.0 Å². The zero-order valence-corrected chi connectivity index (χ0v) is 11.8. The van der Waals surface area contributed by atoms with E-state index in [2.05, 4.69) is 13.8 Å². The van der Waals surface area contributed by atoms with Crippen LogP contribution in [0.5, 0.6) is 0 Å². The van der Waals surface area contributed by atoms with Gasteiger partial charge in [-0.1, -0.05) is 52.9 Å². The Hall–Kier alpha value is -0.0800. The van der Waals surface area contributed by atoms with Crippen molar-refractivity contribution in [2.24, 2.45) is 17.8 Å². The van der Waals surface area contributed by atoms with Gasteiger partial charge in [-0.15, -0.1) is 0 Å². The van der Waals surface area contributed by atoms with Gasteiger partial charge in [-0.25, -0.2) is 0 Å². The van der Waals surface area contributed by atoms with E-state index < -0.39 is 5.79 Å². The minimum Gasteiger partial charge on any atom is -0.365 e. The van der Waals surface area contributed by atoms with Gasteiger partial charge in [-0.05, 0) is 24.7 Å². The van der Waals surface area contributed by atoms with Crippen LogP contribution in [0.1, 0.15) is 72.1 Å². The summed E-state index contributed by atoms with van der Waals surface area (Å²) < 4.78 is 0. The molecule has 2 N–H and O–H groups in total. The summed E-state index contributed by atoms with van der Waals surface area (Å²) in [5, 5.41) is 20.1. The zero-order chi connectivity index (χ0) is 12.9. The standard InChI is InChI=1S/C15H30O2/c1-12-6-4-8-14(3)15(16,17)11-5-7-13(2)10-9-12/h12-14,16-17H,4-11H2,1-3H3. The Morgan fingerprint density at radius 1 is 0.765 bits per heavy atom. The fourth-order valence-electron chi connectivity index (χ4n) is 2.82. The maximum Gasteiger partial charge on any atom is 0.165 e. The number of aliphatic hydroxyl groups is 2. The van der Waals surface area contributed by atoms with Gasteiger partial charge < -0.3 is 10.2 Å². The van der Waals surface area contributed by atoms with Crippen molar-refractivity contribution in [2.75, 3.05) is 0 Å². The number of hydrogen-bond donors (Lipinski definition) is 2. The molecule has 2 nitrogen and oxygen atoms in total. The highest BCUT2D eigenvalue weighted by Gasteiger charge is 2.30. The Labute approximate surface area is 106 Å². The second-order valence-electron chi connectivity index (χ2n) is 6.39. The first-order valence-corrected chi connectivity index (χ1v) is 7.36. The molecule has 3 unspecified atom stereocenters. The van der Waals surface area contributed by atoms with Crippen molar-refractivity contribution in [3.63, 3.8) is 0 Å². The van der Waals surface area contributed by atoms with Gasteiger partial charge in [0.25, 0.3) is 0 Å². The fourth-order valence-corrected chi connectivity index (χ4v) is 2.82. The second kappa shape index (κ2) is 6.75. The summed E-state index contributed by atoms with van der Waals surface area (Å²) >= 11 is 0. The predicted molar refractivity (Wildman–Crippen MR) is 71.6 cm³/mol. The molecule has 2 heteroatoms. The van der Waals surface area contributed by atoms with Crippen LogP contribution in [0.15, 0.2) is 0 Å². The average Bonchev–Trinajstić information content (AvgIpc) is 2.24. The molecule has 0 aromatic carbocycles. The lowest BCUT2D eigenvalue weighted by Gasteiger charge is -2.30. The lowest BCUT2D eigenvalue weighted by atomic mass is 9.85. The van der Waals surface area contributed by atoms with E-state index in [-0.39, 0.29) is 5.92 Å². The quantitative estimate of drug-likeness (QED) is 0.636. The SMILES string of the molecule is CC1CCCC(C)C(O)(O)CCCC(C)CC1. The van der Waals surface area contributed by atoms with Crippen LogP contribution in [-0.2, 0) is 0 Å². The van der Waals surface area contributed by atoms with Crippen molar-refractivity contribution in [1.29, 1.82) is 0 Å². The molecule has 0 aliphatic heterocycles. The summed E-state index contributed by atoms with van der Waals surface area (Å²) in [7, 11) is 0. The van der Waals surface area contributed by atoms with Gasteiger partial charge in [0.15, 0.2) is 5.79 Å². The van der Waals surface area contributed by atoms with Crippen molar-refractivity contribution in [1.82, 2.24) is 0 Å². The molecule has 1 saturated carbocycles. The van der Waals surface area contributed by atoms with Crippen molar-refractivity contribution in [3.05, 3.63) is 0 Å². The van der Waals surface area contributed by atoms with Gasteiger partial charge in [0.2, 0.25) is 0 Å². The summed E-state index contributed by atoms with van der Waals surface area (Å²) in [5.74, 6) is 0.0746. The minimum atomic E-state index is -1.44. The molecule has 102 valence electrons. The van der Waals surface area contributed by atoms with E-state index in [1.54, 1.807) is 0 Å². The van der Waals surface area contributed by atoms with E-state index in [1.165, 1.54) is 19.3 Å². The molecule has 1 rings (SSSR count). The molecule has 0 spiro atoms. The monoisotopic (exact) mass is 242 g/mol. The molecular formula is C15H30O2. The second-order valence-corrected chi connectivity index (χ2v) is 6.39. The maximum atomic E-state index is 10.0. The van der Waals surface area contributed by atoms with Gasteiger partial charge in [0, 0.05) is 12.3 Å². The van der Waals surface area contributed by atoms with E-state index in [0.717, 1.165) is 37.5 Å². The first kappa shape index (κ1) is 15.0. The summed E-state index contributed by atoms with van der Waals surface area (Å²) in [5.41, 5.74) is 0. The number of hydrogen-bond acceptors (Lipinski definition) is 2. The van der Waals surface area contributed by atoms with Gasteiger partial charge >= 0.3 is 0 Å². The Kier molecular flexibility index (Phi) is 5.94.